The van der Waals surface area contributed by atoms with Crippen molar-refractivity contribution in [3.63, 3.8) is 0 Å². The van der Waals surface area contributed by atoms with Gasteiger partial charge in [-0.05, 0) is 5.56 Å². The molecule has 0 saturated heterocycles. The van der Waals surface area contributed by atoms with Gasteiger partial charge in [0.25, 0.3) is 0 Å². The molecule has 0 bridgehead atoms. The van der Waals surface area contributed by atoms with E-state index in [1.54, 1.807) is 7.11 Å². The first kappa shape index (κ1) is 17.1. The van der Waals surface area contributed by atoms with E-state index in [1.165, 1.54) is 4.90 Å². The van der Waals surface area contributed by atoms with Crippen molar-refractivity contribution in [3.8, 4) is 0 Å². The van der Waals surface area contributed by atoms with Crippen molar-refractivity contribution in [2.45, 2.75) is 13.0 Å². The summed E-state index contributed by atoms with van der Waals surface area (Å²) in [4.78, 5) is 24.3. The Bertz CT molecular complexity index is 435. The van der Waals surface area contributed by atoms with E-state index in [0.29, 0.717) is 13.2 Å². The van der Waals surface area contributed by atoms with E-state index < -0.39 is 5.97 Å². The number of carboxylic acid groups (broad SMARTS) is 1. The fourth-order valence-corrected chi connectivity index (χ4v) is 1.76. The molecule has 0 aromatic heterocycles. The summed E-state index contributed by atoms with van der Waals surface area (Å²) in [6, 6.07) is 9.30. The molecule has 1 rings (SSSR count). The Hall–Kier alpha value is -1.92. The minimum Gasteiger partial charge on any atom is -0.480 e. The lowest BCUT2D eigenvalue weighted by molar-refractivity contribution is -0.145. The highest BCUT2D eigenvalue weighted by molar-refractivity contribution is 5.81. The molecule has 0 radical (unpaired) electrons. The van der Waals surface area contributed by atoms with Crippen molar-refractivity contribution >= 4 is 11.9 Å². The Balaban J connectivity index is 2.48. The number of benzene rings is 1. The Morgan fingerprint density at radius 3 is 2.48 bits per heavy atom. The van der Waals surface area contributed by atoms with Crippen LogP contribution in [0.25, 0.3) is 0 Å². The number of ether oxygens (including phenoxy) is 2. The van der Waals surface area contributed by atoms with Crippen molar-refractivity contribution in [3.05, 3.63) is 35.9 Å². The number of nitrogens with zero attached hydrogens (tertiary/aromatic N) is 1. The monoisotopic (exact) mass is 295 g/mol. The number of carbonyl (C=O) groups excluding carboxylic acids is 1. The second-order valence-electron chi connectivity index (χ2n) is 4.48. The fourth-order valence-electron chi connectivity index (χ4n) is 1.76. The highest BCUT2D eigenvalue weighted by Gasteiger charge is 2.16. The first-order valence-corrected chi connectivity index (χ1v) is 6.73. The van der Waals surface area contributed by atoms with Crippen molar-refractivity contribution in [2.75, 3.05) is 33.5 Å². The molecule has 6 nitrogen and oxygen atoms in total. The van der Waals surface area contributed by atoms with Crippen LogP contribution in [0.3, 0.4) is 0 Å². The van der Waals surface area contributed by atoms with Crippen LogP contribution >= 0.6 is 0 Å². The quantitative estimate of drug-likeness (QED) is 0.655. The van der Waals surface area contributed by atoms with E-state index in [0.717, 1.165) is 5.56 Å². The third kappa shape index (κ3) is 7.43. The van der Waals surface area contributed by atoms with E-state index in [2.05, 4.69) is 0 Å². The van der Waals surface area contributed by atoms with Crippen LogP contribution in [0.4, 0.5) is 0 Å². The molecule has 21 heavy (non-hydrogen) atoms. The van der Waals surface area contributed by atoms with Gasteiger partial charge in [-0.1, -0.05) is 30.3 Å². The van der Waals surface area contributed by atoms with Crippen LogP contribution in [-0.4, -0.2) is 55.4 Å². The summed E-state index contributed by atoms with van der Waals surface area (Å²) in [6.45, 7) is 1.11. The molecule has 0 aliphatic heterocycles. The number of methoxy groups -OCH3 is 1. The second-order valence-corrected chi connectivity index (χ2v) is 4.48. The summed E-state index contributed by atoms with van der Waals surface area (Å²) >= 11 is 0. The van der Waals surface area contributed by atoms with Crippen LogP contribution in [0.2, 0.25) is 0 Å². The molecule has 0 fully saturated rings. The number of amides is 1. The molecule has 116 valence electrons. The maximum absolute atomic E-state index is 12.1. The number of carbonyl (C=O) groups is 2. The van der Waals surface area contributed by atoms with Crippen molar-refractivity contribution < 1.29 is 24.2 Å². The van der Waals surface area contributed by atoms with Gasteiger partial charge in [0.05, 0.1) is 26.2 Å². The van der Waals surface area contributed by atoms with Crippen LogP contribution in [0.1, 0.15) is 12.0 Å². The Morgan fingerprint density at radius 1 is 1.14 bits per heavy atom. The highest BCUT2D eigenvalue weighted by Crippen LogP contribution is 2.06. The molecule has 1 aromatic carbocycles. The zero-order valence-electron chi connectivity index (χ0n) is 12.2. The summed E-state index contributed by atoms with van der Waals surface area (Å²) in [7, 11) is 1.57. The SMILES string of the molecule is COCCOCCC(=O)N(CC(=O)O)Cc1ccccc1. The van der Waals surface area contributed by atoms with E-state index in [-0.39, 0.29) is 32.0 Å². The van der Waals surface area contributed by atoms with Gasteiger partial charge in [0.15, 0.2) is 0 Å². The van der Waals surface area contributed by atoms with Crippen molar-refractivity contribution in [2.24, 2.45) is 0 Å². The number of rotatable bonds is 10. The smallest absolute Gasteiger partial charge is 0.323 e. The summed E-state index contributed by atoms with van der Waals surface area (Å²) in [5.74, 6) is -1.27. The van der Waals surface area contributed by atoms with Crippen LogP contribution in [0, 0.1) is 0 Å². The van der Waals surface area contributed by atoms with Gasteiger partial charge in [-0.25, -0.2) is 0 Å². The van der Waals surface area contributed by atoms with Gasteiger partial charge in [-0.2, -0.15) is 0 Å². The molecule has 1 aromatic rings. The molecule has 0 aliphatic rings. The lowest BCUT2D eigenvalue weighted by atomic mass is 10.2. The van der Waals surface area contributed by atoms with Crippen LogP contribution < -0.4 is 0 Å². The third-order valence-electron chi connectivity index (χ3n) is 2.79. The van der Waals surface area contributed by atoms with Gasteiger partial charge in [-0.15, -0.1) is 0 Å². The van der Waals surface area contributed by atoms with Gasteiger partial charge in [0, 0.05) is 13.7 Å². The van der Waals surface area contributed by atoms with Gasteiger partial charge in [0.1, 0.15) is 6.54 Å². The van der Waals surface area contributed by atoms with Gasteiger partial charge >= 0.3 is 5.97 Å². The lowest BCUT2D eigenvalue weighted by Crippen LogP contribution is -2.35. The zero-order valence-corrected chi connectivity index (χ0v) is 12.2. The van der Waals surface area contributed by atoms with E-state index in [1.807, 2.05) is 30.3 Å². The fraction of sp³-hybridized carbons (Fsp3) is 0.467. The van der Waals surface area contributed by atoms with Crippen LogP contribution in [0.15, 0.2) is 30.3 Å². The van der Waals surface area contributed by atoms with Gasteiger partial charge < -0.3 is 19.5 Å². The molecule has 0 atom stereocenters. The maximum atomic E-state index is 12.1. The maximum Gasteiger partial charge on any atom is 0.323 e. The molecule has 1 N–H and O–H groups in total. The predicted octanol–water partition coefficient (Wildman–Crippen LogP) is 1.15. The molecule has 0 heterocycles. The number of aliphatic carboxylic acids is 1. The molecule has 0 unspecified atom stereocenters. The molecular formula is C15H21NO5. The minimum absolute atomic E-state index is 0.157. The van der Waals surface area contributed by atoms with E-state index >= 15 is 0 Å². The standard InChI is InChI=1S/C15H21NO5/c1-20-9-10-21-8-7-14(17)16(12-15(18)19)11-13-5-3-2-4-6-13/h2-6H,7-12H2,1H3,(H,18,19). The Kier molecular flexibility index (Phi) is 8.08. The van der Waals surface area contributed by atoms with Gasteiger partial charge in [0.2, 0.25) is 5.91 Å². The first-order valence-electron chi connectivity index (χ1n) is 6.73. The summed E-state index contributed by atoms with van der Waals surface area (Å²) in [5, 5.41) is 8.91. The molecule has 6 heteroatoms. The summed E-state index contributed by atoms with van der Waals surface area (Å²) in [6.07, 6.45) is 0.157. The summed E-state index contributed by atoms with van der Waals surface area (Å²) in [5.41, 5.74) is 0.896. The number of hydrogen-bond donors (Lipinski definition) is 1. The van der Waals surface area contributed by atoms with E-state index in [9.17, 15) is 9.59 Å². The first-order chi connectivity index (χ1) is 10.1. The topological polar surface area (TPSA) is 76.1 Å². The number of hydrogen-bond acceptors (Lipinski definition) is 4. The Labute approximate surface area is 124 Å². The second kappa shape index (κ2) is 9.90. The highest BCUT2D eigenvalue weighted by atomic mass is 16.5. The molecule has 1 amide bonds. The molecule has 0 saturated carbocycles. The largest absolute Gasteiger partial charge is 0.480 e. The van der Waals surface area contributed by atoms with Crippen LogP contribution in [-0.2, 0) is 25.6 Å². The normalized spacial score (nSPS) is 10.3. The van der Waals surface area contributed by atoms with Crippen LogP contribution in [0.5, 0.6) is 0 Å². The molecular weight excluding hydrogens is 274 g/mol. The third-order valence-corrected chi connectivity index (χ3v) is 2.79. The number of carboxylic acids is 1. The Morgan fingerprint density at radius 2 is 1.86 bits per heavy atom. The molecule has 0 spiro atoms. The van der Waals surface area contributed by atoms with Crippen molar-refractivity contribution in [1.29, 1.82) is 0 Å². The molecule has 0 aliphatic carbocycles. The zero-order chi connectivity index (χ0) is 15.5. The van der Waals surface area contributed by atoms with Crippen molar-refractivity contribution in [1.82, 2.24) is 4.90 Å². The lowest BCUT2D eigenvalue weighted by Gasteiger charge is -2.21. The van der Waals surface area contributed by atoms with Gasteiger partial charge in [-0.3, -0.25) is 9.59 Å². The van der Waals surface area contributed by atoms with E-state index in [4.69, 9.17) is 14.6 Å². The predicted molar refractivity (Wildman–Crippen MR) is 76.8 cm³/mol. The average Bonchev–Trinajstić information content (AvgIpc) is 2.47. The minimum atomic E-state index is -1.03. The summed E-state index contributed by atoms with van der Waals surface area (Å²) < 4.78 is 10.1. The average molecular weight is 295 g/mol.